The van der Waals surface area contributed by atoms with Crippen molar-refractivity contribution in [2.45, 2.75) is 208 Å². The minimum absolute atomic E-state index is 0.0387. The lowest BCUT2D eigenvalue weighted by molar-refractivity contribution is -0.251. The summed E-state index contributed by atoms with van der Waals surface area (Å²) in [5.41, 5.74) is -1.81. The monoisotopic (exact) mass is 796 g/mol. The van der Waals surface area contributed by atoms with E-state index in [0.717, 1.165) is 69.1 Å². The van der Waals surface area contributed by atoms with E-state index in [1.807, 2.05) is 58.9 Å². The maximum absolute atomic E-state index is 14.3. The Balaban J connectivity index is 1.20. The lowest BCUT2D eigenvalue weighted by Crippen LogP contribution is -2.67. The number of esters is 1. The molecule has 1 amide bonds. The van der Waals surface area contributed by atoms with Crippen LogP contribution in [0.2, 0.25) is 0 Å². The number of hydrogen-bond acceptors (Lipinski definition) is 8. The Morgan fingerprint density at radius 3 is 2.04 bits per heavy atom. The highest BCUT2D eigenvalue weighted by molar-refractivity contribution is 5.82. The number of amides is 1. The van der Waals surface area contributed by atoms with Crippen molar-refractivity contribution in [3.05, 3.63) is 29.8 Å². The number of rotatable bonds is 8. The number of aliphatic hydroxyl groups is 2. The average Bonchev–Trinajstić information content (AvgIpc) is 3.65. The predicted molar refractivity (Wildman–Crippen MR) is 223 cm³/mol. The molecule has 5 aliphatic rings. The number of carbonyl (C=O) groups excluding carboxylic acids is 2. The summed E-state index contributed by atoms with van der Waals surface area (Å²) in [4.78, 5) is 27.3. The zero-order chi connectivity index (χ0) is 42.4. The van der Waals surface area contributed by atoms with Crippen LogP contribution in [0.4, 0.5) is 4.79 Å². The summed E-state index contributed by atoms with van der Waals surface area (Å²) in [7, 11) is 0. The van der Waals surface area contributed by atoms with Crippen molar-refractivity contribution >= 4 is 12.1 Å². The van der Waals surface area contributed by atoms with Crippen LogP contribution in [0.3, 0.4) is 0 Å². The van der Waals surface area contributed by atoms with Gasteiger partial charge in [0.05, 0.1) is 23.4 Å². The van der Waals surface area contributed by atoms with Gasteiger partial charge in [-0.3, -0.25) is 0 Å². The molecule has 9 nitrogen and oxygen atoms in total. The number of fused-ring (bicyclic) bond motifs is 5. The second-order valence-corrected chi connectivity index (χ2v) is 23.1. The van der Waals surface area contributed by atoms with Crippen LogP contribution in [0.25, 0.3) is 0 Å². The fourth-order valence-electron chi connectivity index (χ4n) is 13.4. The van der Waals surface area contributed by atoms with Gasteiger partial charge in [-0.1, -0.05) is 46.8 Å². The number of benzene rings is 1. The van der Waals surface area contributed by atoms with Crippen molar-refractivity contribution in [2.24, 2.45) is 45.3 Å². The van der Waals surface area contributed by atoms with Gasteiger partial charge in [-0.25, -0.2) is 9.59 Å². The van der Waals surface area contributed by atoms with E-state index in [-0.39, 0.29) is 69.2 Å². The molecule has 0 spiro atoms. The third-order valence-corrected chi connectivity index (χ3v) is 16.2. The van der Waals surface area contributed by atoms with Crippen molar-refractivity contribution in [1.29, 1.82) is 0 Å². The van der Waals surface area contributed by atoms with Crippen LogP contribution in [-0.2, 0) is 25.4 Å². The molecule has 0 radical (unpaired) electrons. The molecule has 322 valence electrons. The second-order valence-electron chi connectivity index (χ2n) is 23.1. The van der Waals surface area contributed by atoms with Crippen LogP contribution >= 0.6 is 0 Å². The van der Waals surface area contributed by atoms with E-state index in [2.05, 4.69) is 46.9 Å². The highest BCUT2D eigenvalue weighted by Crippen LogP contribution is 2.76. The van der Waals surface area contributed by atoms with Crippen LogP contribution in [0.15, 0.2) is 24.3 Å². The number of aliphatic hydroxyl groups excluding tert-OH is 1. The number of carbonyl (C=O) groups is 2. The molecular formula is C48H77NO8. The van der Waals surface area contributed by atoms with E-state index in [9.17, 15) is 19.8 Å². The third-order valence-electron chi connectivity index (χ3n) is 16.2. The molecule has 1 saturated heterocycles. The van der Waals surface area contributed by atoms with Crippen molar-refractivity contribution in [3.8, 4) is 5.75 Å². The van der Waals surface area contributed by atoms with Gasteiger partial charge in [-0.05, 0) is 178 Å². The van der Waals surface area contributed by atoms with E-state index >= 15 is 0 Å². The molecule has 0 unspecified atom stereocenters. The number of ether oxygens (including phenoxy) is 4. The van der Waals surface area contributed by atoms with E-state index < -0.39 is 35.4 Å². The van der Waals surface area contributed by atoms with E-state index in [1.54, 1.807) is 20.8 Å². The van der Waals surface area contributed by atoms with Gasteiger partial charge in [-0.2, -0.15) is 0 Å². The highest BCUT2D eigenvalue weighted by Gasteiger charge is 2.72. The van der Waals surface area contributed by atoms with E-state index in [4.69, 9.17) is 18.9 Å². The van der Waals surface area contributed by atoms with Crippen LogP contribution in [0.5, 0.6) is 5.75 Å². The van der Waals surface area contributed by atoms with Gasteiger partial charge < -0.3 is 34.5 Å². The largest absolute Gasteiger partial charge is 0.488 e. The topological polar surface area (TPSA) is 124 Å². The van der Waals surface area contributed by atoms with Crippen LogP contribution in [0.1, 0.15) is 160 Å². The Kier molecular flexibility index (Phi) is 11.4. The van der Waals surface area contributed by atoms with Gasteiger partial charge in [0, 0.05) is 11.8 Å². The van der Waals surface area contributed by atoms with Crippen molar-refractivity contribution in [2.75, 3.05) is 0 Å². The van der Waals surface area contributed by atoms with Gasteiger partial charge in [-0.15, -0.1) is 0 Å². The smallest absolute Gasteiger partial charge is 0.408 e. The molecule has 1 aromatic rings. The minimum atomic E-state index is -0.932. The Labute approximate surface area is 344 Å². The van der Waals surface area contributed by atoms with Gasteiger partial charge in [0.1, 0.15) is 29.1 Å². The zero-order valence-electron chi connectivity index (χ0n) is 37.8. The van der Waals surface area contributed by atoms with Gasteiger partial charge >= 0.3 is 12.1 Å². The van der Waals surface area contributed by atoms with Crippen molar-refractivity contribution < 1.29 is 38.7 Å². The molecule has 9 heteroatoms. The zero-order valence-corrected chi connectivity index (χ0v) is 37.8. The minimum Gasteiger partial charge on any atom is -0.488 e. The fraction of sp³-hybridized carbons (Fsp3) is 0.833. The summed E-state index contributed by atoms with van der Waals surface area (Å²) >= 11 is 0. The molecule has 57 heavy (non-hydrogen) atoms. The molecule has 6 rings (SSSR count). The molecule has 4 aliphatic carbocycles. The molecule has 1 heterocycles. The normalized spacial score (nSPS) is 39.6. The summed E-state index contributed by atoms with van der Waals surface area (Å²) < 4.78 is 24.9. The molecular weight excluding hydrogens is 719 g/mol. The van der Waals surface area contributed by atoms with Gasteiger partial charge in [0.15, 0.2) is 0 Å². The Morgan fingerprint density at radius 2 is 1.46 bits per heavy atom. The molecule has 12 atom stereocenters. The Morgan fingerprint density at radius 1 is 0.825 bits per heavy atom. The highest BCUT2D eigenvalue weighted by atomic mass is 16.6. The van der Waals surface area contributed by atoms with E-state index in [0.29, 0.717) is 5.92 Å². The molecule has 4 saturated carbocycles. The summed E-state index contributed by atoms with van der Waals surface area (Å²) in [6.07, 6.45) is 7.01. The second kappa shape index (κ2) is 14.7. The first-order chi connectivity index (χ1) is 26.0. The number of nitrogens with one attached hydrogen (secondary N) is 1. The molecule has 0 bridgehead atoms. The third kappa shape index (κ3) is 8.25. The Bertz CT molecular complexity index is 1640. The number of hydrogen-bond donors (Lipinski definition) is 3. The van der Waals surface area contributed by atoms with E-state index in [1.165, 1.54) is 0 Å². The average molecular weight is 796 g/mol. The van der Waals surface area contributed by atoms with Crippen molar-refractivity contribution in [3.63, 3.8) is 0 Å². The van der Waals surface area contributed by atoms with Gasteiger partial charge in [0.2, 0.25) is 0 Å². The summed E-state index contributed by atoms with van der Waals surface area (Å²) in [6, 6.07) is 6.71. The molecule has 1 aliphatic heterocycles. The molecule has 5 fully saturated rings. The molecule has 1 aromatic carbocycles. The number of alkyl carbamates (subject to hydrolysis) is 1. The van der Waals surface area contributed by atoms with Crippen molar-refractivity contribution in [1.82, 2.24) is 5.32 Å². The predicted octanol–water partition coefficient (Wildman–Crippen LogP) is 9.58. The summed E-state index contributed by atoms with van der Waals surface area (Å²) in [6.45, 7) is 29.4. The first-order valence-electron chi connectivity index (χ1n) is 22.1. The van der Waals surface area contributed by atoms with Crippen LogP contribution < -0.4 is 10.1 Å². The quantitative estimate of drug-likeness (QED) is 0.223. The first kappa shape index (κ1) is 44.2. The van der Waals surface area contributed by atoms with Crippen LogP contribution in [-0.4, -0.2) is 69.0 Å². The molecule has 3 N–H and O–H groups in total. The molecule has 0 aromatic heterocycles. The van der Waals surface area contributed by atoms with Crippen LogP contribution in [0, 0.1) is 45.3 Å². The fourth-order valence-corrected chi connectivity index (χ4v) is 13.4. The maximum Gasteiger partial charge on any atom is 0.408 e. The summed E-state index contributed by atoms with van der Waals surface area (Å²) in [5, 5.41) is 26.0. The standard InChI is InChI=1S/C48H77NO8/c1-41(2,3)55-30-17-15-29(16-18-30)27-32(49-40(52)57-42(4,5)6)39(51)54-36-21-23-45(11)34(43(36,7)8)20-25-46(12)35(45)28-33(50)38-31(19-24-47(38,46)13)48(14)26-22-37(56-48)44(9,10)53/h15-18,31-38,50,53H,19-28H2,1-14H3,(H,49,52)/t31-,32-,33+,34-,35+,36-,37-,38-,45-,46+,47+,48-/m0/s1. The maximum atomic E-state index is 14.3. The Hall–Kier alpha value is -2.36. The first-order valence-corrected chi connectivity index (χ1v) is 22.1. The lowest BCUT2D eigenvalue weighted by Gasteiger charge is -2.70. The summed E-state index contributed by atoms with van der Waals surface area (Å²) in [5.74, 6) is 1.29. The van der Waals surface area contributed by atoms with Gasteiger partial charge in [0.25, 0.3) is 0 Å². The SMILES string of the molecule is CC(C)(C)OC(=O)N[C@@H](Cc1ccc(OC(C)(C)C)cc1)C(=O)O[C@H]1CC[C@]2(C)[C@H]3C[C@@H](O)[C@@H]4[C@@H]([C@]5(C)CC[C@@H](C(C)(C)O)O5)CC[C@@]4(C)[C@]3(C)CC[C@H]2C1(C)C. The lowest BCUT2D eigenvalue weighted by atomic mass is 9.35.